The van der Waals surface area contributed by atoms with Gasteiger partial charge in [0.1, 0.15) is 23.3 Å². The molecule has 8 heteroatoms. The van der Waals surface area contributed by atoms with E-state index in [0.29, 0.717) is 16.7 Å². The van der Waals surface area contributed by atoms with Gasteiger partial charge in [0.05, 0.1) is 19.3 Å². The van der Waals surface area contributed by atoms with E-state index in [1.807, 2.05) is 6.07 Å². The summed E-state index contributed by atoms with van der Waals surface area (Å²) in [7, 11) is 0. The van der Waals surface area contributed by atoms with E-state index in [0.717, 1.165) is 4.90 Å². The number of imide groups is 1. The van der Waals surface area contributed by atoms with Crippen LogP contribution in [0.2, 0.25) is 0 Å². The van der Waals surface area contributed by atoms with Gasteiger partial charge in [-0.25, -0.2) is 13.6 Å². The summed E-state index contributed by atoms with van der Waals surface area (Å²) in [6, 6.07) is 19.5. The van der Waals surface area contributed by atoms with Gasteiger partial charge in [0.2, 0.25) is 0 Å². The molecule has 4 rings (SSSR count). The van der Waals surface area contributed by atoms with Gasteiger partial charge in [0.15, 0.2) is 0 Å². The molecule has 2 atom stereocenters. The molecule has 1 aliphatic rings. The van der Waals surface area contributed by atoms with Gasteiger partial charge in [-0.1, -0.05) is 54.6 Å². The third-order valence-corrected chi connectivity index (χ3v) is 5.82. The highest BCUT2D eigenvalue weighted by Gasteiger charge is 2.49. The Labute approximate surface area is 195 Å². The Bertz CT molecular complexity index is 1110. The first-order valence-electron chi connectivity index (χ1n) is 10.8. The summed E-state index contributed by atoms with van der Waals surface area (Å²) in [5.41, 5.74) is 0.608. The topological polar surface area (TPSA) is 78.9 Å². The molecule has 1 heterocycles. The molecule has 0 spiro atoms. The lowest BCUT2D eigenvalue weighted by Crippen LogP contribution is -2.42. The molecule has 6 nitrogen and oxygen atoms in total. The number of urea groups is 1. The Hall–Kier alpha value is -3.62. The van der Waals surface area contributed by atoms with Crippen molar-refractivity contribution in [2.45, 2.75) is 24.7 Å². The average molecular weight is 466 g/mol. The van der Waals surface area contributed by atoms with Crippen molar-refractivity contribution in [3.8, 4) is 0 Å². The lowest BCUT2D eigenvalue weighted by atomic mass is 9.92. The molecule has 0 aromatic heterocycles. The zero-order valence-corrected chi connectivity index (χ0v) is 18.4. The Balaban J connectivity index is 1.46. The van der Waals surface area contributed by atoms with Gasteiger partial charge in [0.25, 0.3) is 5.91 Å². The van der Waals surface area contributed by atoms with Crippen molar-refractivity contribution in [2.75, 3.05) is 13.2 Å². The maximum atomic E-state index is 13.4. The maximum absolute atomic E-state index is 13.4. The number of hydrogen-bond acceptors (Lipinski definition) is 4. The highest BCUT2D eigenvalue weighted by molar-refractivity contribution is 6.07. The van der Waals surface area contributed by atoms with Crippen LogP contribution in [0.15, 0.2) is 78.9 Å². The van der Waals surface area contributed by atoms with Crippen LogP contribution in [0.1, 0.15) is 29.7 Å². The summed E-state index contributed by atoms with van der Waals surface area (Å²) in [5.74, 6) is -1.31. The van der Waals surface area contributed by atoms with Crippen LogP contribution in [0.5, 0.6) is 0 Å². The van der Waals surface area contributed by atoms with E-state index in [4.69, 9.17) is 4.74 Å². The average Bonchev–Trinajstić information content (AvgIpc) is 3.05. The van der Waals surface area contributed by atoms with E-state index in [1.54, 1.807) is 55.5 Å². The Morgan fingerprint density at radius 2 is 1.44 bits per heavy atom. The monoisotopic (exact) mass is 466 g/mol. The SMILES string of the molecule is CC1(c2ccccc2)NC(=O)N(CC(O)COC(c2ccc(F)cc2)c2ccc(F)cc2)C1=O. The Morgan fingerprint density at radius 1 is 0.912 bits per heavy atom. The van der Waals surface area contributed by atoms with Crippen molar-refractivity contribution >= 4 is 11.9 Å². The smallest absolute Gasteiger partial charge is 0.325 e. The number of aliphatic hydroxyl groups excluding tert-OH is 1. The number of aliphatic hydroxyl groups is 1. The van der Waals surface area contributed by atoms with Crippen LogP contribution in [0, 0.1) is 11.6 Å². The maximum Gasteiger partial charge on any atom is 0.325 e. The van der Waals surface area contributed by atoms with Crippen molar-refractivity contribution in [3.63, 3.8) is 0 Å². The molecule has 1 aliphatic heterocycles. The summed E-state index contributed by atoms with van der Waals surface area (Å²) < 4.78 is 32.7. The number of benzene rings is 3. The van der Waals surface area contributed by atoms with Crippen molar-refractivity contribution < 1.29 is 28.2 Å². The lowest BCUT2D eigenvalue weighted by Gasteiger charge is -2.24. The molecule has 34 heavy (non-hydrogen) atoms. The first kappa shape index (κ1) is 23.5. The third kappa shape index (κ3) is 4.83. The third-order valence-electron chi connectivity index (χ3n) is 5.82. The minimum Gasteiger partial charge on any atom is -0.389 e. The molecular weight excluding hydrogens is 442 g/mol. The van der Waals surface area contributed by atoms with E-state index in [1.165, 1.54) is 24.3 Å². The second kappa shape index (κ2) is 9.70. The molecule has 0 bridgehead atoms. The number of halogens is 2. The molecule has 0 radical (unpaired) electrons. The van der Waals surface area contributed by atoms with Crippen LogP contribution < -0.4 is 5.32 Å². The van der Waals surface area contributed by atoms with Crippen LogP contribution in [0.4, 0.5) is 13.6 Å². The number of nitrogens with one attached hydrogen (secondary N) is 1. The minimum atomic E-state index is -1.23. The Kier molecular flexibility index (Phi) is 6.72. The van der Waals surface area contributed by atoms with Crippen molar-refractivity contribution in [1.29, 1.82) is 0 Å². The fourth-order valence-corrected chi connectivity index (χ4v) is 3.96. The van der Waals surface area contributed by atoms with Crippen LogP contribution in [0.3, 0.4) is 0 Å². The molecule has 3 aromatic carbocycles. The summed E-state index contributed by atoms with van der Waals surface area (Å²) in [6.45, 7) is 1.12. The molecule has 0 aliphatic carbocycles. The normalized spacial score (nSPS) is 18.9. The predicted octanol–water partition coefficient (Wildman–Crippen LogP) is 3.90. The summed E-state index contributed by atoms with van der Waals surface area (Å²) >= 11 is 0. The molecule has 3 aromatic rings. The summed E-state index contributed by atoms with van der Waals surface area (Å²) in [4.78, 5) is 26.5. The summed E-state index contributed by atoms with van der Waals surface area (Å²) in [6.07, 6.45) is -1.90. The number of ether oxygens (including phenoxy) is 1. The molecule has 1 fully saturated rings. The van der Waals surface area contributed by atoms with Gasteiger partial charge in [0, 0.05) is 0 Å². The van der Waals surface area contributed by atoms with Crippen molar-refractivity contribution in [3.05, 3.63) is 107 Å². The summed E-state index contributed by atoms with van der Waals surface area (Å²) in [5, 5.41) is 13.3. The van der Waals surface area contributed by atoms with Gasteiger partial charge in [-0.15, -0.1) is 0 Å². The van der Waals surface area contributed by atoms with E-state index in [9.17, 15) is 23.5 Å². The van der Waals surface area contributed by atoms with E-state index >= 15 is 0 Å². The van der Waals surface area contributed by atoms with Gasteiger partial charge in [-0.2, -0.15) is 0 Å². The van der Waals surface area contributed by atoms with Crippen molar-refractivity contribution in [1.82, 2.24) is 10.2 Å². The zero-order valence-electron chi connectivity index (χ0n) is 18.4. The molecule has 3 amide bonds. The number of carbonyl (C=O) groups excluding carboxylic acids is 2. The van der Waals surface area contributed by atoms with E-state index in [2.05, 4.69) is 5.32 Å². The number of rotatable bonds is 8. The number of hydrogen-bond donors (Lipinski definition) is 2. The molecular formula is C26H24F2N2O4. The van der Waals surface area contributed by atoms with Gasteiger partial charge in [-0.3, -0.25) is 9.69 Å². The van der Waals surface area contributed by atoms with E-state index < -0.39 is 41.3 Å². The zero-order chi connectivity index (χ0) is 24.3. The largest absolute Gasteiger partial charge is 0.389 e. The van der Waals surface area contributed by atoms with Crippen molar-refractivity contribution in [2.24, 2.45) is 0 Å². The van der Waals surface area contributed by atoms with Gasteiger partial charge in [-0.05, 0) is 47.9 Å². The van der Waals surface area contributed by atoms with Crippen LogP contribution in [0.25, 0.3) is 0 Å². The standard InChI is InChI=1S/C26H24F2N2O4/c1-26(19-5-3-2-4-6-19)24(32)30(25(33)29-26)15-22(31)16-34-23(17-7-11-20(27)12-8-17)18-9-13-21(28)14-10-18/h2-14,22-23,31H,15-16H2,1H3,(H,29,33). The predicted molar refractivity (Wildman–Crippen MR) is 121 cm³/mol. The molecule has 0 saturated carbocycles. The fraction of sp³-hybridized carbons (Fsp3) is 0.231. The fourth-order valence-electron chi connectivity index (χ4n) is 3.96. The quantitative estimate of drug-likeness (QED) is 0.494. The first-order chi connectivity index (χ1) is 16.3. The molecule has 1 saturated heterocycles. The highest BCUT2D eigenvalue weighted by Crippen LogP contribution is 2.30. The number of carbonyl (C=O) groups is 2. The molecule has 2 N–H and O–H groups in total. The highest BCUT2D eigenvalue weighted by atomic mass is 19.1. The number of nitrogens with zero attached hydrogens (tertiary/aromatic N) is 1. The van der Waals surface area contributed by atoms with Gasteiger partial charge >= 0.3 is 6.03 Å². The minimum absolute atomic E-state index is 0.224. The Morgan fingerprint density at radius 3 is 1.97 bits per heavy atom. The number of amides is 3. The van der Waals surface area contributed by atoms with Gasteiger partial charge < -0.3 is 15.2 Å². The van der Waals surface area contributed by atoms with Crippen LogP contribution in [-0.2, 0) is 15.1 Å². The second-order valence-electron chi connectivity index (χ2n) is 8.31. The number of β-amino-alcohol motifs (C(OH)–C–C–N with tert-alkyl or cyclic N) is 1. The van der Waals surface area contributed by atoms with Crippen LogP contribution >= 0.6 is 0 Å². The second-order valence-corrected chi connectivity index (χ2v) is 8.31. The van der Waals surface area contributed by atoms with Crippen LogP contribution in [-0.4, -0.2) is 41.2 Å². The molecule has 176 valence electrons. The molecule has 2 unspecified atom stereocenters. The lowest BCUT2D eigenvalue weighted by molar-refractivity contribution is -0.132. The van der Waals surface area contributed by atoms with E-state index in [-0.39, 0.29) is 13.2 Å². The first-order valence-corrected chi connectivity index (χ1v) is 10.8.